The summed E-state index contributed by atoms with van der Waals surface area (Å²) >= 11 is 0. The van der Waals surface area contributed by atoms with E-state index >= 15 is 0 Å². The van der Waals surface area contributed by atoms with Crippen molar-refractivity contribution in [3.8, 4) is 6.07 Å². The SMILES string of the molecule is N#C/C(N)=C(/N)C=N. The Morgan fingerprint density at radius 2 is 2.12 bits per heavy atom. The van der Waals surface area contributed by atoms with Crippen molar-refractivity contribution in [1.82, 2.24) is 0 Å². The molecule has 0 unspecified atom stereocenters. The van der Waals surface area contributed by atoms with Crippen molar-refractivity contribution in [2.45, 2.75) is 0 Å². The summed E-state index contributed by atoms with van der Waals surface area (Å²) in [5, 5.41) is 14.5. The van der Waals surface area contributed by atoms with Crippen LogP contribution in [0.1, 0.15) is 0 Å². The molecule has 0 heterocycles. The first-order valence-corrected chi connectivity index (χ1v) is 1.88. The first-order chi connectivity index (χ1) is 3.72. The second-order valence-corrected chi connectivity index (χ2v) is 1.13. The second kappa shape index (κ2) is 2.64. The van der Waals surface area contributed by atoms with E-state index in [0.29, 0.717) is 0 Å². The van der Waals surface area contributed by atoms with Gasteiger partial charge < -0.3 is 16.9 Å². The molecule has 0 spiro atoms. The van der Waals surface area contributed by atoms with E-state index < -0.39 is 0 Å². The first kappa shape index (κ1) is 6.50. The predicted octanol–water partition coefficient (Wildman–Crippen LogP) is -0.711. The summed E-state index contributed by atoms with van der Waals surface area (Å²) in [5.41, 5.74) is 9.88. The fourth-order valence-corrected chi connectivity index (χ4v) is 0.142. The van der Waals surface area contributed by atoms with E-state index in [1.165, 1.54) is 0 Å². The summed E-state index contributed by atoms with van der Waals surface area (Å²) in [5.74, 6) is 0. The fourth-order valence-electron chi connectivity index (χ4n) is 0.142. The lowest BCUT2D eigenvalue weighted by Gasteiger charge is -1.87. The average molecular weight is 110 g/mol. The van der Waals surface area contributed by atoms with Crippen molar-refractivity contribution in [3.05, 3.63) is 11.4 Å². The predicted molar refractivity (Wildman–Crippen MR) is 29.8 cm³/mol. The van der Waals surface area contributed by atoms with Crippen molar-refractivity contribution in [2.75, 3.05) is 0 Å². The van der Waals surface area contributed by atoms with E-state index in [0.717, 1.165) is 6.21 Å². The molecule has 0 aliphatic heterocycles. The van der Waals surface area contributed by atoms with E-state index in [-0.39, 0.29) is 11.4 Å². The molecular weight excluding hydrogens is 104 g/mol. The molecule has 0 saturated carbocycles. The van der Waals surface area contributed by atoms with Gasteiger partial charge >= 0.3 is 0 Å². The highest BCUT2D eigenvalue weighted by Crippen LogP contribution is 1.81. The Morgan fingerprint density at radius 3 is 2.25 bits per heavy atom. The zero-order chi connectivity index (χ0) is 6.57. The van der Waals surface area contributed by atoms with Gasteiger partial charge in [0.1, 0.15) is 11.8 Å². The van der Waals surface area contributed by atoms with Crippen LogP contribution < -0.4 is 11.5 Å². The number of nitrogens with zero attached hydrogens (tertiary/aromatic N) is 1. The Bertz CT molecular complexity index is 161. The van der Waals surface area contributed by atoms with Gasteiger partial charge in [0.15, 0.2) is 0 Å². The molecule has 0 radical (unpaired) electrons. The zero-order valence-corrected chi connectivity index (χ0v) is 4.18. The van der Waals surface area contributed by atoms with Gasteiger partial charge in [-0.2, -0.15) is 5.26 Å². The largest absolute Gasteiger partial charge is 0.395 e. The number of hydrogen-bond acceptors (Lipinski definition) is 4. The lowest BCUT2D eigenvalue weighted by molar-refractivity contribution is 1.30. The Morgan fingerprint density at radius 1 is 1.62 bits per heavy atom. The number of rotatable bonds is 1. The van der Waals surface area contributed by atoms with Crippen LogP contribution in [-0.2, 0) is 0 Å². The van der Waals surface area contributed by atoms with Crippen LogP contribution in [0.2, 0.25) is 0 Å². The number of nitrogens with one attached hydrogen (secondary N) is 1. The molecule has 0 fully saturated rings. The van der Waals surface area contributed by atoms with E-state index in [1.807, 2.05) is 0 Å². The molecular formula is C4H6N4. The van der Waals surface area contributed by atoms with Gasteiger partial charge in [-0.05, 0) is 0 Å². The molecule has 0 aliphatic carbocycles. The van der Waals surface area contributed by atoms with Gasteiger partial charge in [0.25, 0.3) is 0 Å². The third-order valence-electron chi connectivity index (χ3n) is 0.587. The molecule has 42 valence electrons. The van der Waals surface area contributed by atoms with Crippen LogP contribution in [0.4, 0.5) is 0 Å². The molecule has 4 heteroatoms. The van der Waals surface area contributed by atoms with Gasteiger partial charge in [-0.3, -0.25) is 0 Å². The van der Waals surface area contributed by atoms with Crippen LogP contribution in [0, 0.1) is 16.7 Å². The van der Waals surface area contributed by atoms with Gasteiger partial charge in [-0.15, -0.1) is 0 Å². The minimum atomic E-state index is -0.111. The van der Waals surface area contributed by atoms with Crippen molar-refractivity contribution in [2.24, 2.45) is 11.5 Å². The molecule has 5 N–H and O–H groups in total. The van der Waals surface area contributed by atoms with Crippen LogP contribution in [0.3, 0.4) is 0 Å². The highest BCUT2D eigenvalue weighted by molar-refractivity contribution is 5.76. The standard InChI is InChI=1S/C4H6N4/c5-1-3(7)4(8)2-6/h1,5H,7-8H2/b4-3-,5-1?. The molecule has 0 aliphatic rings. The zero-order valence-electron chi connectivity index (χ0n) is 4.18. The quantitative estimate of drug-likeness (QED) is 0.307. The van der Waals surface area contributed by atoms with Gasteiger partial charge in [0.05, 0.1) is 5.70 Å². The van der Waals surface area contributed by atoms with Gasteiger partial charge in [-0.25, -0.2) is 0 Å². The van der Waals surface area contributed by atoms with Gasteiger partial charge in [0.2, 0.25) is 0 Å². The normalized spacial score (nSPS) is 11.4. The minimum Gasteiger partial charge on any atom is -0.395 e. The minimum absolute atomic E-state index is 0.00694. The van der Waals surface area contributed by atoms with Crippen molar-refractivity contribution < 1.29 is 0 Å². The number of nitrogens with two attached hydrogens (primary N) is 2. The highest BCUT2D eigenvalue weighted by Gasteiger charge is 1.88. The highest BCUT2D eigenvalue weighted by atomic mass is 14.7. The first-order valence-electron chi connectivity index (χ1n) is 1.88. The molecule has 0 atom stereocenters. The number of allylic oxidation sites excluding steroid dienone is 2. The second-order valence-electron chi connectivity index (χ2n) is 1.13. The van der Waals surface area contributed by atoms with Gasteiger partial charge in [0, 0.05) is 6.21 Å². The Balaban J connectivity index is 4.33. The molecule has 0 rings (SSSR count). The molecule has 0 amide bonds. The monoisotopic (exact) mass is 110 g/mol. The average Bonchev–Trinajstić information content (AvgIpc) is 1.84. The fraction of sp³-hybridized carbons (Fsp3) is 0. The van der Waals surface area contributed by atoms with Crippen LogP contribution in [0.15, 0.2) is 11.4 Å². The molecule has 0 bridgehead atoms. The summed E-state index contributed by atoms with van der Waals surface area (Å²) in [6, 6.07) is 1.60. The summed E-state index contributed by atoms with van der Waals surface area (Å²) in [6.07, 6.45) is 0.832. The van der Waals surface area contributed by atoms with Crippen LogP contribution in [0.25, 0.3) is 0 Å². The molecule has 4 nitrogen and oxygen atoms in total. The van der Waals surface area contributed by atoms with E-state index in [2.05, 4.69) is 0 Å². The Kier molecular flexibility index (Phi) is 2.14. The summed E-state index contributed by atoms with van der Waals surface area (Å²) in [7, 11) is 0. The van der Waals surface area contributed by atoms with Crippen molar-refractivity contribution in [1.29, 1.82) is 10.7 Å². The lowest BCUT2D eigenvalue weighted by atomic mass is 10.4. The number of hydrogen-bond donors (Lipinski definition) is 3. The molecule has 0 aromatic heterocycles. The van der Waals surface area contributed by atoms with Crippen LogP contribution >= 0.6 is 0 Å². The maximum atomic E-state index is 8.02. The molecule has 0 saturated heterocycles. The third-order valence-corrected chi connectivity index (χ3v) is 0.587. The Hall–Kier alpha value is -1.50. The van der Waals surface area contributed by atoms with E-state index in [9.17, 15) is 0 Å². The third kappa shape index (κ3) is 1.30. The topological polar surface area (TPSA) is 99.7 Å². The summed E-state index contributed by atoms with van der Waals surface area (Å²) < 4.78 is 0. The van der Waals surface area contributed by atoms with Crippen molar-refractivity contribution in [3.63, 3.8) is 0 Å². The maximum absolute atomic E-state index is 8.02. The van der Waals surface area contributed by atoms with Crippen molar-refractivity contribution >= 4 is 6.21 Å². The molecule has 0 aromatic rings. The van der Waals surface area contributed by atoms with E-state index in [1.54, 1.807) is 6.07 Å². The molecule has 0 aromatic carbocycles. The van der Waals surface area contributed by atoms with Crippen LogP contribution in [-0.4, -0.2) is 6.21 Å². The van der Waals surface area contributed by atoms with Crippen LogP contribution in [0.5, 0.6) is 0 Å². The summed E-state index contributed by atoms with van der Waals surface area (Å²) in [4.78, 5) is 0. The van der Waals surface area contributed by atoms with Gasteiger partial charge in [-0.1, -0.05) is 0 Å². The molecule has 8 heavy (non-hydrogen) atoms. The van der Waals surface area contributed by atoms with E-state index in [4.69, 9.17) is 22.1 Å². The smallest absolute Gasteiger partial charge is 0.135 e. The Labute approximate surface area is 46.9 Å². The number of nitriles is 1. The summed E-state index contributed by atoms with van der Waals surface area (Å²) in [6.45, 7) is 0. The maximum Gasteiger partial charge on any atom is 0.135 e. The lowest BCUT2D eigenvalue weighted by Crippen LogP contribution is -2.08.